The topological polar surface area (TPSA) is 57.3 Å². The number of nitrogens with one attached hydrogen (secondary N) is 2. The van der Waals surface area contributed by atoms with Gasteiger partial charge in [0.1, 0.15) is 11.6 Å². The lowest BCUT2D eigenvalue weighted by atomic mass is 10.1. The third kappa shape index (κ3) is 6.35. The smallest absolute Gasteiger partial charge is 0.237 e. The molecule has 0 radical (unpaired) electrons. The third-order valence-corrected chi connectivity index (χ3v) is 6.04. The molecule has 5 nitrogen and oxygen atoms in total. The molecule has 0 spiro atoms. The van der Waals surface area contributed by atoms with Crippen LogP contribution in [0.3, 0.4) is 0 Å². The Balaban J connectivity index is 1.42. The van der Waals surface area contributed by atoms with Gasteiger partial charge in [0, 0.05) is 61.3 Å². The summed E-state index contributed by atoms with van der Waals surface area (Å²) in [6.07, 6.45) is 3.99. The molecule has 2 atom stereocenters. The van der Waals surface area contributed by atoms with E-state index in [4.69, 9.17) is 11.6 Å². The van der Waals surface area contributed by atoms with Crippen molar-refractivity contribution in [1.82, 2.24) is 20.5 Å². The average molecular weight is 471 g/mol. The maximum atomic E-state index is 14.0. The van der Waals surface area contributed by atoms with Crippen LogP contribution in [0.15, 0.2) is 67.0 Å². The van der Waals surface area contributed by atoms with E-state index < -0.39 is 11.6 Å². The minimum absolute atomic E-state index is 0.0177. The van der Waals surface area contributed by atoms with Crippen LogP contribution in [0.4, 0.5) is 8.78 Å². The molecule has 3 aromatic rings. The number of benzene rings is 2. The van der Waals surface area contributed by atoms with Crippen LogP contribution in [-0.4, -0.2) is 34.4 Å². The van der Waals surface area contributed by atoms with Crippen LogP contribution in [0.5, 0.6) is 0 Å². The number of nitrogens with zero attached hydrogens (tertiary/aromatic N) is 2. The van der Waals surface area contributed by atoms with Crippen molar-refractivity contribution >= 4 is 17.5 Å². The molecule has 2 heterocycles. The number of halogens is 3. The van der Waals surface area contributed by atoms with Crippen molar-refractivity contribution in [2.24, 2.45) is 0 Å². The predicted molar refractivity (Wildman–Crippen MR) is 123 cm³/mol. The van der Waals surface area contributed by atoms with Crippen molar-refractivity contribution in [3.63, 3.8) is 0 Å². The molecule has 33 heavy (non-hydrogen) atoms. The number of aromatic nitrogens is 1. The Bertz CT molecular complexity index is 1080. The van der Waals surface area contributed by atoms with E-state index in [0.29, 0.717) is 36.6 Å². The maximum absolute atomic E-state index is 14.0. The summed E-state index contributed by atoms with van der Waals surface area (Å²) in [5.74, 6) is -1.24. The summed E-state index contributed by atoms with van der Waals surface area (Å²) in [5, 5.41) is 6.99. The van der Waals surface area contributed by atoms with Gasteiger partial charge in [-0.2, -0.15) is 0 Å². The first-order valence-electron chi connectivity index (χ1n) is 10.8. The van der Waals surface area contributed by atoms with Crippen molar-refractivity contribution in [3.05, 3.63) is 100 Å². The van der Waals surface area contributed by atoms with E-state index in [1.54, 1.807) is 12.4 Å². The van der Waals surface area contributed by atoms with Crippen LogP contribution in [0.25, 0.3) is 0 Å². The van der Waals surface area contributed by atoms with Gasteiger partial charge in [-0.05, 0) is 41.8 Å². The highest BCUT2D eigenvalue weighted by Crippen LogP contribution is 2.23. The third-order valence-electron chi connectivity index (χ3n) is 5.79. The van der Waals surface area contributed by atoms with Gasteiger partial charge in [-0.3, -0.25) is 14.7 Å². The molecular formula is C25H25ClF2N4O. The number of pyridine rings is 1. The fourth-order valence-electron chi connectivity index (χ4n) is 4.05. The minimum atomic E-state index is -0.600. The second kappa shape index (κ2) is 10.8. The van der Waals surface area contributed by atoms with Crippen molar-refractivity contribution in [2.75, 3.05) is 6.54 Å². The molecule has 8 heteroatoms. The van der Waals surface area contributed by atoms with Crippen LogP contribution in [0, 0.1) is 11.6 Å². The molecule has 0 bridgehead atoms. The summed E-state index contributed by atoms with van der Waals surface area (Å²) in [4.78, 5) is 19.3. The minimum Gasteiger partial charge on any atom is -0.351 e. The standard InChI is InChI=1S/C25H25ClF2N4O/c26-20-6-3-17(4-7-20)15-32-16-22(30-14-19-5-8-21(27)10-23(19)28)11-24(32)25(33)31-13-18-2-1-9-29-12-18/h1-10,12,22,24,30H,11,13-16H2,(H,31,33)/t22-,24-/m0/s1. The van der Waals surface area contributed by atoms with Gasteiger partial charge in [0.05, 0.1) is 6.04 Å². The number of likely N-dealkylation sites (tertiary alicyclic amines) is 1. The molecule has 1 amide bonds. The molecule has 2 aromatic carbocycles. The zero-order valence-corrected chi connectivity index (χ0v) is 18.7. The number of carbonyl (C=O) groups is 1. The van der Waals surface area contributed by atoms with Crippen LogP contribution >= 0.6 is 11.6 Å². The van der Waals surface area contributed by atoms with Gasteiger partial charge in [-0.1, -0.05) is 35.9 Å². The number of rotatable bonds is 8. The normalized spacial score (nSPS) is 18.4. The molecule has 4 rings (SSSR count). The number of hydrogen-bond donors (Lipinski definition) is 2. The zero-order valence-electron chi connectivity index (χ0n) is 18.0. The Labute approximate surface area is 196 Å². The number of carbonyl (C=O) groups excluding carboxylic acids is 1. The second-order valence-corrected chi connectivity index (χ2v) is 8.64. The first kappa shape index (κ1) is 23.3. The van der Waals surface area contributed by atoms with Crippen molar-refractivity contribution in [3.8, 4) is 0 Å². The van der Waals surface area contributed by atoms with Gasteiger partial charge < -0.3 is 10.6 Å². The molecular weight excluding hydrogens is 446 g/mol. The van der Waals surface area contributed by atoms with E-state index in [9.17, 15) is 13.6 Å². The summed E-state index contributed by atoms with van der Waals surface area (Å²) >= 11 is 6.01. The van der Waals surface area contributed by atoms with Crippen LogP contribution in [0.2, 0.25) is 5.02 Å². The molecule has 0 saturated carbocycles. The van der Waals surface area contributed by atoms with Crippen LogP contribution in [-0.2, 0) is 24.4 Å². The Morgan fingerprint density at radius 2 is 1.91 bits per heavy atom. The van der Waals surface area contributed by atoms with E-state index in [-0.39, 0.29) is 24.5 Å². The van der Waals surface area contributed by atoms with Gasteiger partial charge in [-0.25, -0.2) is 8.78 Å². The predicted octanol–water partition coefficient (Wildman–Crippen LogP) is 4.06. The first-order chi connectivity index (χ1) is 16.0. The molecule has 1 aliphatic rings. The molecule has 0 unspecified atom stereocenters. The lowest BCUT2D eigenvalue weighted by molar-refractivity contribution is -0.125. The van der Waals surface area contributed by atoms with Crippen molar-refractivity contribution in [1.29, 1.82) is 0 Å². The maximum Gasteiger partial charge on any atom is 0.237 e. The highest BCUT2D eigenvalue weighted by molar-refractivity contribution is 6.30. The fourth-order valence-corrected chi connectivity index (χ4v) is 4.18. The molecule has 172 valence electrons. The number of hydrogen-bond acceptors (Lipinski definition) is 4. The molecule has 1 aromatic heterocycles. The Kier molecular flexibility index (Phi) is 7.65. The molecule has 1 fully saturated rings. The molecule has 1 saturated heterocycles. The van der Waals surface area contributed by atoms with Gasteiger partial charge in [-0.15, -0.1) is 0 Å². The second-order valence-electron chi connectivity index (χ2n) is 8.20. The van der Waals surface area contributed by atoms with Gasteiger partial charge in [0.25, 0.3) is 0 Å². The summed E-state index contributed by atoms with van der Waals surface area (Å²) in [6, 6.07) is 14.5. The average Bonchev–Trinajstić information content (AvgIpc) is 3.22. The Morgan fingerprint density at radius 1 is 1.09 bits per heavy atom. The Morgan fingerprint density at radius 3 is 2.64 bits per heavy atom. The summed E-state index contributed by atoms with van der Waals surface area (Å²) in [5.41, 5.74) is 2.37. The Hall–Kier alpha value is -2.87. The van der Waals surface area contributed by atoms with E-state index in [0.717, 1.165) is 17.2 Å². The van der Waals surface area contributed by atoms with Gasteiger partial charge >= 0.3 is 0 Å². The highest BCUT2D eigenvalue weighted by atomic mass is 35.5. The molecule has 0 aliphatic carbocycles. The molecule has 2 N–H and O–H groups in total. The zero-order chi connectivity index (χ0) is 23.2. The van der Waals surface area contributed by atoms with Gasteiger partial charge in [0.15, 0.2) is 0 Å². The molecule has 1 aliphatic heterocycles. The van der Waals surface area contributed by atoms with Crippen molar-refractivity contribution in [2.45, 2.75) is 38.1 Å². The largest absolute Gasteiger partial charge is 0.351 e. The summed E-state index contributed by atoms with van der Waals surface area (Å²) in [6.45, 7) is 1.87. The van der Waals surface area contributed by atoms with Crippen LogP contribution in [0.1, 0.15) is 23.1 Å². The first-order valence-corrected chi connectivity index (χ1v) is 11.2. The number of amides is 1. The SMILES string of the molecule is O=C(NCc1cccnc1)[C@@H]1C[C@H](NCc2ccc(F)cc2F)CN1Cc1ccc(Cl)cc1. The van der Waals surface area contributed by atoms with E-state index in [2.05, 4.69) is 20.5 Å². The quantitative estimate of drug-likeness (QED) is 0.521. The monoisotopic (exact) mass is 470 g/mol. The highest BCUT2D eigenvalue weighted by Gasteiger charge is 2.36. The van der Waals surface area contributed by atoms with Crippen molar-refractivity contribution < 1.29 is 13.6 Å². The lowest BCUT2D eigenvalue weighted by Crippen LogP contribution is -2.42. The lowest BCUT2D eigenvalue weighted by Gasteiger charge is -2.23. The van der Waals surface area contributed by atoms with E-state index in [1.165, 1.54) is 12.1 Å². The summed E-state index contributed by atoms with van der Waals surface area (Å²) < 4.78 is 27.2. The summed E-state index contributed by atoms with van der Waals surface area (Å²) in [7, 11) is 0. The van der Waals surface area contributed by atoms with Crippen LogP contribution < -0.4 is 10.6 Å². The van der Waals surface area contributed by atoms with Gasteiger partial charge in [0.2, 0.25) is 5.91 Å². The van der Waals surface area contributed by atoms with E-state index >= 15 is 0 Å². The van der Waals surface area contributed by atoms with E-state index in [1.807, 2.05) is 36.4 Å². The fraction of sp³-hybridized carbons (Fsp3) is 0.280.